The molecule has 0 bridgehead atoms. The maximum Gasteiger partial charge on any atom is 0.303 e. The summed E-state index contributed by atoms with van der Waals surface area (Å²) in [7, 11) is 0. The molecule has 0 unspecified atom stereocenters. The van der Waals surface area contributed by atoms with Gasteiger partial charge in [0.15, 0.2) is 0 Å². The first-order chi connectivity index (χ1) is 10.2. The summed E-state index contributed by atoms with van der Waals surface area (Å²) in [6.45, 7) is 2.16. The van der Waals surface area contributed by atoms with Crippen LogP contribution in [-0.2, 0) is 4.79 Å². The first-order valence-electron chi connectivity index (χ1n) is 8.40. The summed E-state index contributed by atoms with van der Waals surface area (Å²) in [4.78, 5) is 10.3. The van der Waals surface area contributed by atoms with Crippen LogP contribution >= 0.6 is 0 Å². The zero-order valence-corrected chi connectivity index (χ0v) is 13.5. The molecule has 122 valence electrons. The fraction of sp³-hybridized carbons (Fsp3) is 0.722. The van der Waals surface area contributed by atoms with E-state index in [0.29, 0.717) is 6.42 Å². The number of aliphatic hydroxyl groups is 1. The van der Waals surface area contributed by atoms with Gasteiger partial charge in [-0.3, -0.25) is 4.79 Å². The lowest BCUT2D eigenvalue weighted by atomic mass is 10.1. The lowest BCUT2D eigenvalue weighted by Gasteiger charge is -2.03. The zero-order chi connectivity index (χ0) is 15.8. The normalized spacial score (nSPS) is 13.2. The van der Waals surface area contributed by atoms with Gasteiger partial charge >= 0.3 is 5.97 Å². The third kappa shape index (κ3) is 16.9. The molecule has 0 saturated heterocycles. The molecule has 0 spiro atoms. The fourth-order valence-electron chi connectivity index (χ4n) is 2.14. The van der Waals surface area contributed by atoms with Crippen molar-refractivity contribution in [3.63, 3.8) is 0 Å². The van der Waals surface area contributed by atoms with E-state index in [9.17, 15) is 9.90 Å². The molecule has 0 heterocycles. The van der Waals surface area contributed by atoms with Crippen LogP contribution < -0.4 is 0 Å². The van der Waals surface area contributed by atoms with Crippen LogP contribution in [0.3, 0.4) is 0 Å². The van der Waals surface area contributed by atoms with Gasteiger partial charge in [0.2, 0.25) is 0 Å². The molecule has 0 radical (unpaired) electrons. The number of rotatable bonds is 14. The Kier molecular flexibility index (Phi) is 14.5. The molecule has 0 aliphatic heterocycles. The lowest BCUT2D eigenvalue weighted by Crippen LogP contribution is -2.00. The van der Waals surface area contributed by atoms with Crippen LogP contribution in [0.2, 0.25) is 0 Å². The highest BCUT2D eigenvalue weighted by Gasteiger charge is 1.97. The van der Waals surface area contributed by atoms with E-state index in [1.165, 1.54) is 12.8 Å². The second kappa shape index (κ2) is 15.3. The second-order valence-electron chi connectivity index (χ2n) is 5.58. The van der Waals surface area contributed by atoms with E-state index in [1.54, 1.807) is 0 Å². The summed E-state index contributed by atoms with van der Waals surface area (Å²) in [5, 5.41) is 18.2. The van der Waals surface area contributed by atoms with Crippen LogP contribution in [0.25, 0.3) is 0 Å². The SMILES string of the molecule is CCCCC[C@H](O)C=C/C=C\CCCCCCCC(=O)O. The summed E-state index contributed by atoms with van der Waals surface area (Å²) >= 11 is 0. The van der Waals surface area contributed by atoms with Gasteiger partial charge in [0, 0.05) is 6.42 Å². The van der Waals surface area contributed by atoms with Crippen molar-refractivity contribution in [2.45, 2.75) is 83.7 Å². The highest BCUT2D eigenvalue weighted by molar-refractivity contribution is 5.66. The molecule has 0 fully saturated rings. The molecule has 0 aromatic heterocycles. The predicted octanol–water partition coefficient (Wildman–Crippen LogP) is 4.86. The number of carboxylic acid groups (broad SMARTS) is 1. The Balaban J connectivity index is 3.37. The number of aliphatic carboxylic acids is 1. The van der Waals surface area contributed by atoms with Crippen LogP contribution in [0.5, 0.6) is 0 Å². The Labute approximate surface area is 129 Å². The number of unbranched alkanes of at least 4 members (excludes halogenated alkanes) is 7. The minimum absolute atomic E-state index is 0.297. The summed E-state index contributed by atoms with van der Waals surface area (Å²) < 4.78 is 0. The molecule has 0 amide bonds. The number of hydrogen-bond acceptors (Lipinski definition) is 2. The molecule has 0 aromatic rings. The molecule has 0 rings (SSSR count). The highest BCUT2D eigenvalue weighted by atomic mass is 16.4. The van der Waals surface area contributed by atoms with Crippen molar-refractivity contribution >= 4 is 5.97 Å². The van der Waals surface area contributed by atoms with Crippen LogP contribution in [0.15, 0.2) is 24.3 Å². The monoisotopic (exact) mass is 296 g/mol. The van der Waals surface area contributed by atoms with Gasteiger partial charge in [-0.25, -0.2) is 0 Å². The first-order valence-corrected chi connectivity index (χ1v) is 8.40. The van der Waals surface area contributed by atoms with Crippen molar-refractivity contribution < 1.29 is 15.0 Å². The van der Waals surface area contributed by atoms with Crippen LogP contribution in [0, 0.1) is 0 Å². The van der Waals surface area contributed by atoms with Gasteiger partial charge in [0.1, 0.15) is 0 Å². The van der Waals surface area contributed by atoms with Crippen molar-refractivity contribution in [3.8, 4) is 0 Å². The van der Waals surface area contributed by atoms with Crippen molar-refractivity contribution in [2.24, 2.45) is 0 Å². The van der Waals surface area contributed by atoms with E-state index in [4.69, 9.17) is 5.11 Å². The number of allylic oxidation sites excluding steroid dienone is 3. The van der Waals surface area contributed by atoms with Crippen molar-refractivity contribution in [1.29, 1.82) is 0 Å². The van der Waals surface area contributed by atoms with Gasteiger partial charge in [-0.05, 0) is 25.7 Å². The third-order valence-corrected chi connectivity index (χ3v) is 3.45. The summed E-state index contributed by atoms with van der Waals surface area (Å²) in [6.07, 6.45) is 18.5. The Morgan fingerprint density at radius 2 is 1.71 bits per heavy atom. The highest BCUT2D eigenvalue weighted by Crippen LogP contribution is 2.08. The van der Waals surface area contributed by atoms with Gasteiger partial charge in [-0.15, -0.1) is 0 Å². The van der Waals surface area contributed by atoms with Crippen molar-refractivity contribution in [3.05, 3.63) is 24.3 Å². The largest absolute Gasteiger partial charge is 0.481 e. The quantitative estimate of drug-likeness (QED) is 0.355. The topological polar surface area (TPSA) is 57.5 Å². The fourth-order valence-corrected chi connectivity index (χ4v) is 2.14. The molecular formula is C18H32O3. The molecular weight excluding hydrogens is 264 g/mol. The Morgan fingerprint density at radius 1 is 1.00 bits per heavy atom. The molecule has 1 atom stereocenters. The number of hydrogen-bond donors (Lipinski definition) is 2. The van der Waals surface area contributed by atoms with E-state index in [-0.39, 0.29) is 6.10 Å². The van der Waals surface area contributed by atoms with E-state index in [1.807, 2.05) is 18.2 Å². The van der Waals surface area contributed by atoms with Gasteiger partial charge in [-0.2, -0.15) is 0 Å². The third-order valence-electron chi connectivity index (χ3n) is 3.45. The van der Waals surface area contributed by atoms with E-state index in [0.717, 1.165) is 51.4 Å². The second-order valence-corrected chi connectivity index (χ2v) is 5.58. The van der Waals surface area contributed by atoms with Gasteiger partial charge < -0.3 is 10.2 Å². The molecule has 21 heavy (non-hydrogen) atoms. The number of carboxylic acids is 1. The maximum absolute atomic E-state index is 10.3. The molecule has 2 N–H and O–H groups in total. The smallest absolute Gasteiger partial charge is 0.303 e. The maximum atomic E-state index is 10.3. The molecule has 0 aliphatic carbocycles. The van der Waals surface area contributed by atoms with Crippen molar-refractivity contribution in [2.75, 3.05) is 0 Å². The molecule has 0 aliphatic rings. The Bertz CT molecular complexity index is 295. The standard InChI is InChI=1S/C18H32O3/c1-2-3-11-14-17(19)15-12-9-7-5-4-6-8-10-13-16-18(20)21/h7,9,12,15,17,19H,2-6,8,10-11,13-14,16H2,1H3,(H,20,21)/b9-7-,15-12?/t17-/m0/s1. The summed E-state index contributed by atoms with van der Waals surface area (Å²) in [5.74, 6) is -0.693. The van der Waals surface area contributed by atoms with Gasteiger partial charge in [0.25, 0.3) is 0 Å². The molecule has 0 saturated carbocycles. The number of aliphatic hydroxyl groups excluding tert-OH is 1. The van der Waals surface area contributed by atoms with Crippen LogP contribution in [-0.4, -0.2) is 22.3 Å². The summed E-state index contributed by atoms with van der Waals surface area (Å²) in [6, 6.07) is 0. The lowest BCUT2D eigenvalue weighted by molar-refractivity contribution is -0.137. The minimum atomic E-state index is -0.693. The molecule has 0 aromatic carbocycles. The number of carbonyl (C=O) groups is 1. The van der Waals surface area contributed by atoms with Gasteiger partial charge in [-0.1, -0.05) is 69.8 Å². The van der Waals surface area contributed by atoms with Gasteiger partial charge in [0.05, 0.1) is 6.10 Å². The molecule has 3 nitrogen and oxygen atoms in total. The van der Waals surface area contributed by atoms with E-state index >= 15 is 0 Å². The van der Waals surface area contributed by atoms with Crippen LogP contribution in [0.4, 0.5) is 0 Å². The first kappa shape index (κ1) is 19.9. The minimum Gasteiger partial charge on any atom is -0.481 e. The van der Waals surface area contributed by atoms with Crippen molar-refractivity contribution in [1.82, 2.24) is 0 Å². The summed E-state index contributed by atoms with van der Waals surface area (Å²) in [5.41, 5.74) is 0. The molecule has 3 heteroatoms. The zero-order valence-electron chi connectivity index (χ0n) is 13.5. The average molecular weight is 296 g/mol. The van der Waals surface area contributed by atoms with E-state index < -0.39 is 5.97 Å². The predicted molar refractivity (Wildman–Crippen MR) is 88.4 cm³/mol. The Hall–Kier alpha value is -1.09. The Morgan fingerprint density at radius 3 is 2.43 bits per heavy atom. The average Bonchev–Trinajstić information content (AvgIpc) is 2.44. The van der Waals surface area contributed by atoms with Crippen LogP contribution in [0.1, 0.15) is 77.6 Å². The van der Waals surface area contributed by atoms with E-state index in [2.05, 4.69) is 13.0 Å².